The molecule has 0 fully saturated rings. The molecule has 0 aliphatic rings. The van der Waals surface area contributed by atoms with Crippen LogP contribution in [0.1, 0.15) is 5.69 Å². The van der Waals surface area contributed by atoms with Crippen molar-refractivity contribution in [2.75, 3.05) is 14.1 Å². The topological polar surface area (TPSA) is 29.3 Å². The predicted molar refractivity (Wildman–Crippen MR) is 33.9 cm³/mol. The van der Waals surface area contributed by atoms with Crippen LogP contribution < -0.4 is 0 Å². The average molecular weight is 126 g/mol. The Bertz CT molecular complexity index is 158. The summed E-state index contributed by atoms with van der Waals surface area (Å²) < 4.78 is 4.64. The van der Waals surface area contributed by atoms with Crippen LogP contribution in [0.25, 0.3) is 0 Å². The van der Waals surface area contributed by atoms with E-state index in [1.807, 2.05) is 25.1 Å². The van der Waals surface area contributed by atoms with Gasteiger partial charge in [0.15, 0.2) is 0 Å². The summed E-state index contributed by atoms with van der Waals surface area (Å²) >= 11 is 0. The molecule has 0 spiro atoms. The van der Waals surface area contributed by atoms with Gasteiger partial charge in [-0.15, -0.1) is 0 Å². The minimum absolute atomic E-state index is 0.844. The molecule has 1 heterocycles. The van der Waals surface area contributed by atoms with Gasteiger partial charge in [0.25, 0.3) is 0 Å². The van der Waals surface area contributed by atoms with Crippen molar-refractivity contribution in [3.63, 3.8) is 0 Å². The largest absolute Gasteiger partial charge is 0.364 e. The lowest BCUT2D eigenvalue weighted by Crippen LogP contribution is -2.10. The molecule has 50 valence electrons. The molecule has 0 aromatic carbocycles. The van der Waals surface area contributed by atoms with Crippen LogP contribution in [0.2, 0.25) is 0 Å². The molecule has 0 bridgehead atoms. The first-order valence-electron chi connectivity index (χ1n) is 2.83. The van der Waals surface area contributed by atoms with Gasteiger partial charge < -0.3 is 9.42 Å². The van der Waals surface area contributed by atoms with Crippen LogP contribution >= 0.6 is 0 Å². The van der Waals surface area contributed by atoms with E-state index in [1.54, 1.807) is 6.26 Å². The SMILES string of the molecule is CN(C)Cc1ccon1. The molecule has 0 saturated heterocycles. The van der Waals surface area contributed by atoms with Gasteiger partial charge in [-0.25, -0.2) is 0 Å². The zero-order valence-electron chi connectivity index (χ0n) is 5.66. The van der Waals surface area contributed by atoms with Crippen LogP contribution in [0.15, 0.2) is 16.9 Å². The molecule has 1 aromatic heterocycles. The van der Waals surface area contributed by atoms with Crippen molar-refractivity contribution in [1.82, 2.24) is 10.1 Å². The zero-order chi connectivity index (χ0) is 6.69. The molecule has 3 heteroatoms. The smallest absolute Gasteiger partial charge is 0.124 e. The third-order valence-corrected chi connectivity index (χ3v) is 0.969. The van der Waals surface area contributed by atoms with Gasteiger partial charge in [-0.1, -0.05) is 5.16 Å². The van der Waals surface area contributed by atoms with Gasteiger partial charge in [0.05, 0.1) is 5.69 Å². The molecule has 1 rings (SSSR count). The van der Waals surface area contributed by atoms with Gasteiger partial charge in [-0.05, 0) is 14.1 Å². The fourth-order valence-corrected chi connectivity index (χ4v) is 0.643. The fourth-order valence-electron chi connectivity index (χ4n) is 0.643. The molecule has 0 aliphatic heterocycles. The highest BCUT2D eigenvalue weighted by atomic mass is 16.5. The molecule has 0 atom stereocenters. The lowest BCUT2D eigenvalue weighted by molar-refractivity contribution is 0.363. The molecule has 0 saturated carbocycles. The third-order valence-electron chi connectivity index (χ3n) is 0.969. The Balaban J connectivity index is 2.48. The monoisotopic (exact) mass is 126 g/mol. The quantitative estimate of drug-likeness (QED) is 0.585. The Morgan fingerprint density at radius 3 is 2.89 bits per heavy atom. The summed E-state index contributed by atoms with van der Waals surface area (Å²) in [5.41, 5.74) is 0.972. The summed E-state index contributed by atoms with van der Waals surface area (Å²) in [6, 6.07) is 1.86. The second-order valence-corrected chi connectivity index (χ2v) is 2.23. The molecule has 0 aliphatic carbocycles. The van der Waals surface area contributed by atoms with E-state index in [-0.39, 0.29) is 0 Å². The molecule has 1 aromatic rings. The number of rotatable bonds is 2. The summed E-state index contributed by atoms with van der Waals surface area (Å²) in [5.74, 6) is 0. The summed E-state index contributed by atoms with van der Waals surface area (Å²) in [6.07, 6.45) is 1.58. The van der Waals surface area contributed by atoms with Gasteiger partial charge in [-0.2, -0.15) is 0 Å². The third kappa shape index (κ3) is 1.85. The van der Waals surface area contributed by atoms with E-state index < -0.39 is 0 Å². The van der Waals surface area contributed by atoms with Crippen molar-refractivity contribution in [3.05, 3.63) is 18.0 Å². The van der Waals surface area contributed by atoms with Crippen molar-refractivity contribution < 1.29 is 4.52 Å². The van der Waals surface area contributed by atoms with Crippen molar-refractivity contribution in [2.45, 2.75) is 6.54 Å². The Kier molecular flexibility index (Phi) is 1.85. The highest BCUT2D eigenvalue weighted by molar-refractivity contribution is 4.93. The van der Waals surface area contributed by atoms with Crippen molar-refractivity contribution >= 4 is 0 Å². The van der Waals surface area contributed by atoms with Crippen LogP contribution in [0.5, 0.6) is 0 Å². The van der Waals surface area contributed by atoms with Crippen LogP contribution in [0.3, 0.4) is 0 Å². The van der Waals surface area contributed by atoms with Crippen molar-refractivity contribution in [1.29, 1.82) is 0 Å². The van der Waals surface area contributed by atoms with Crippen molar-refractivity contribution in [2.24, 2.45) is 0 Å². The van der Waals surface area contributed by atoms with Crippen LogP contribution in [-0.2, 0) is 6.54 Å². The van der Waals surface area contributed by atoms with Gasteiger partial charge in [0, 0.05) is 12.6 Å². The standard InChI is InChI=1S/C6H10N2O/c1-8(2)5-6-3-4-9-7-6/h3-4H,5H2,1-2H3. The van der Waals surface area contributed by atoms with Crippen LogP contribution in [0, 0.1) is 0 Å². The van der Waals surface area contributed by atoms with E-state index in [0.29, 0.717) is 0 Å². The maximum Gasteiger partial charge on any atom is 0.124 e. The summed E-state index contributed by atoms with van der Waals surface area (Å²) in [4.78, 5) is 2.04. The number of hydrogen-bond donors (Lipinski definition) is 0. The van der Waals surface area contributed by atoms with Crippen LogP contribution in [-0.4, -0.2) is 24.2 Å². The average Bonchev–Trinajstić information content (AvgIpc) is 2.15. The number of hydrogen-bond acceptors (Lipinski definition) is 3. The lowest BCUT2D eigenvalue weighted by Gasteiger charge is -2.03. The molecular formula is C6H10N2O. The minimum Gasteiger partial charge on any atom is -0.364 e. The summed E-state index contributed by atoms with van der Waals surface area (Å²) in [6.45, 7) is 0.844. The highest BCUT2D eigenvalue weighted by Gasteiger charge is 1.95. The summed E-state index contributed by atoms with van der Waals surface area (Å²) in [5, 5.41) is 3.74. The van der Waals surface area contributed by atoms with E-state index >= 15 is 0 Å². The first-order chi connectivity index (χ1) is 4.29. The second-order valence-electron chi connectivity index (χ2n) is 2.23. The normalized spacial score (nSPS) is 10.6. The Morgan fingerprint density at radius 2 is 2.44 bits per heavy atom. The first kappa shape index (κ1) is 6.29. The summed E-state index contributed by atoms with van der Waals surface area (Å²) in [7, 11) is 3.99. The van der Waals surface area contributed by atoms with Gasteiger partial charge in [-0.3, -0.25) is 0 Å². The maximum absolute atomic E-state index is 4.64. The lowest BCUT2D eigenvalue weighted by atomic mass is 10.4. The Morgan fingerprint density at radius 1 is 1.67 bits per heavy atom. The van der Waals surface area contributed by atoms with E-state index in [2.05, 4.69) is 9.68 Å². The predicted octanol–water partition coefficient (Wildman–Crippen LogP) is 0.736. The molecule has 0 amide bonds. The molecule has 0 radical (unpaired) electrons. The van der Waals surface area contributed by atoms with E-state index in [0.717, 1.165) is 12.2 Å². The Hall–Kier alpha value is -0.830. The van der Waals surface area contributed by atoms with E-state index in [4.69, 9.17) is 0 Å². The van der Waals surface area contributed by atoms with Gasteiger partial charge >= 0.3 is 0 Å². The minimum atomic E-state index is 0.844. The van der Waals surface area contributed by atoms with Crippen molar-refractivity contribution in [3.8, 4) is 0 Å². The van der Waals surface area contributed by atoms with E-state index in [1.165, 1.54) is 0 Å². The van der Waals surface area contributed by atoms with E-state index in [9.17, 15) is 0 Å². The first-order valence-corrected chi connectivity index (χ1v) is 2.83. The molecule has 0 unspecified atom stereocenters. The molecule has 9 heavy (non-hydrogen) atoms. The van der Waals surface area contributed by atoms with Gasteiger partial charge in [0.2, 0.25) is 0 Å². The molecular weight excluding hydrogens is 116 g/mol. The Labute approximate surface area is 54.3 Å². The van der Waals surface area contributed by atoms with Gasteiger partial charge in [0.1, 0.15) is 6.26 Å². The molecule has 0 N–H and O–H groups in total. The maximum atomic E-state index is 4.64. The van der Waals surface area contributed by atoms with Crippen LogP contribution in [0.4, 0.5) is 0 Å². The number of nitrogens with zero attached hydrogens (tertiary/aromatic N) is 2. The highest BCUT2D eigenvalue weighted by Crippen LogP contribution is 1.95. The second kappa shape index (κ2) is 2.64. The molecule has 3 nitrogen and oxygen atoms in total. The fraction of sp³-hybridized carbons (Fsp3) is 0.500. The number of aromatic nitrogens is 1. The zero-order valence-corrected chi connectivity index (χ0v) is 5.66.